The summed E-state index contributed by atoms with van der Waals surface area (Å²) in [7, 11) is 0. The number of H-pyrrole nitrogens is 1. The van der Waals surface area contributed by atoms with E-state index in [1.807, 2.05) is 0 Å². The van der Waals surface area contributed by atoms with Gasteiger partial charge in [-0.1, -0.05) is 0 Å². The van der Waals surface area contributed by atoms with Crippen LogP contribution in [0.1, 0.15) is 24.8 Å². The first-order chi connectivity index (χ1) is 10.8. The first-order valence-corrected chi connectivity index (χ1v) is 7.01. The molecule has 1 saturated heterocycles. The maximum Gasteiger partial charge on any atom is 0.423 e. The number of aliphatic carboxylic acids is 1. The average Bonchev–Trinajstić information content (AvgIpc) is 2.90. The number of hydrogen-bond acceptors (Lipinski definition) is 5. The molecule has 0 spiro atoms. The third kappa shape index (κ3) is 4.21. The number of nitrogens with zero attached hydrogens (tertiary/aromatic N) is 2. The molecule has 1 atom stereocenters. The standard InChI is InChI=1S/C13H16F3N3O4/c14-13(15,16)11-9(6-17-18-12(11)22)19-4-1-2-8(19)7-23-5-3-10(20)21/h6,8H,1-5,7H2,(H,18,22)(H,20,21)/t8-/m1/s1. The molecule has 7 nitrogen and oxygen atoms in total. The summed E-state index contributed by atoms with van der Waals surface area (Å²) in [5.74, 6) is -1.01. The fourth-order valence-corrected chi connectivity index (χ4v) is 2.59. The minimum atomic E-state index is -4.79. The second-order valence-electron chi connectivity index (χ2n) is 5.17. The lowest BCUT2D eigenvalue weighted by Crippen LogP contribution is -2.37. The van der Waals surface area contributed by atoms with Gasteiger partial charge in [0.25, 0.3) is 5.56 Å². The normalized spacial score (nSPS) is 18.4. The summed E-state index contributed by atoms with van der Waals surface area (Å²) in [5, 5.41) is 13.8. The fraction of sp³-hybridized carbons (Fsp3) is 0.615. The van der Waals surface area contributed by atoms with Crippen molar-refractivity contribution in [3.63, 3.8) is 0 Å². The van der Waals surface area contributed by atoms with Crippen LogP contribution in [0.25, 0.3) is 0 Å². The predicted octanol–water partition coefficient (Wildman–Crippen LogP) is 1.25. The number of carbonyl (C=O) groups is 1. The van der Waals surface area contributed by atoms with E-state index >= 15 is 0 Å². The Hall–Kier alpha value is -2.10. The number of nitrogens with one attached hydrogen (secondary N) is 1. The van der Waals surface area contributed by atoms with Gasteiger partial charge in [-0.25, -0.2) is 5.10 Å². The van der Waals surface area contributed by atoms with E-state index in [2.05, 4.69) is 5.10 Å². The van der Waals surface area contributed by atoms with E-state index < -0.39 is 23.3 Å². The summed E-state index contributed by atoms with van der Waals surface area (Å²) in [6, 6.07) is -0.353. The Morgan fingerprint density at radius 3 is 2.91 bits per heavy atom. The van der Waals surface area contributed by atoms with Crippen LogP contribution in [0, 0.1) is 0 Å². The van der Waals surface area contributed by atoms with Crippen LogP contribution in [0.3, 0.4) is 0 Å². The monoisotopic (exact) mass is 335 g/mol. The summed E-state index contributed by atoms with van der Waals surface area (Å²) in [6.45, 7) is 0.429. The van der Waals surface area contributed by atoms with Crippen LogP contribution in [0.5, 0.6) is 0 Å². The van der Waals surface area contributed by atoms with Crippen LogP contribution in [-0.4, -0.2) is 47.1 Å². The summed E-state index contributed by atoms with van der Waals surface area (Å²) < 4.78 is 44.6. The molecule has 0 amide bonds. The molecule has 0 bridgehead atoms. The van der Waals surface area contributed by atoms with Gasteiger partial charge < -0.3 is 14.7 Å². The van der Waals surface area contributed by atoms with Crippen LogP contribution < -0.4 is 10.5 Å². The molecule has 2 heterocycles. The average molecular weight is 335 g/mol. The van der Waals surface area contributed by atoms with Gasteiger partial charge in [0.2, 0.25) is 0 Å². The molecule has 128 valence electrons. The molecule has 1 aliphatic heterocycles. The largest absolute Gasteiger partial charge is 0.481 e. The Morgan fingerprint density at radius 1 is 1.52 bits per heavy atom. The molecule has 23 heavy (non-hydrogen) atoms. The topological polar surface area (TPSA) is 95.5 Å². The molecular weight excluding hydrogens is 319 g/mol. The first-order valence-electron chi connectivity index (χ1n) is 7.01. The number of carboxylic acids is 1. The number of anilines is 1. The van der Waals surface area contributed by atoms with E-state index in [0.717, 1.165) is 6.20 Å². The molecule has 0 aliphatic carbocycles. The minimum Gasteiger partial charge on any atom is -0.481 e. The molecule has 1 aromatic rings. The molecule has 10 heteroatoms. The van der Waals surface area contributed by atoms with Crippen molar-refractivity contribution < 1.29 is 27.8 Å². The zero-order valence-corrected chi connectivity index (χ0v) is 12.1. The van der Waals surface area contributed by atoms with Gasteiger partial charge in [0.15, 0.2) is 0 Å². The molecule has 0 aromatic carbocycles. The summed E-state index contributed by atoms with van der Waals surface area (Å²) >= 11 is 0. The van der Waals surface area contributed by atoms with Crippen LogP contribution in [0.4, 0.5) is 18.9 Å². The zero-order valence-electron chi connectivity index (χ0n) is 12.1. The van der Waals surface area contributed by atoms with Gasteiger partial charge in [0, 0.05) is 6.54 Å². The lowest BCUT2D eigenvalue weighted by atomic mass is 10.2. The van der Waals surface area contributed by atoms with E-state index in [4.69, 9.17) is 9.84 Å². The van der Waals surface area contributed by atoms with Gasteiger partial charge in [0.05, 0.1) is 37.6 Å². The summed E-state index contributed by atoms with van der Waals surface area (Å²) in [4.78, 5) is 23.4. The lowest BCUT2D eigenvalue weighted by molar-refractivity contribution is -0.139. The van der Waals surface area contributed by atoms with E-state index in [0.29, 0.717) is 19.4 Å². The number of rotatable bonds is 6. The molecule has 0 saturated carbocycles. The van der Waals surface area contributed by atoms with Crippen LogP contribution in [0.15, 0.2) is 11.0 Å². The van der Waals surface area contributed by atoms with Crippen LogP contribution >= 0.6 is 0 Å². The van der Waals surface area contributed by atoms with Crippen molar-refractivity contribution in [2.24, 2.45) is 0 Å². The summed E-state index contributed by atoms with van der Waals surface area (Å²) in [5.41, 5.74) is -2.83. The van der Waals surface area contributed by atoms with E-state index in [1.165, 1.54) is 4.90 Å². The number of hydrogen-bond donors (Lipinski definition) is 2. The van der Waals surface area contributed by atoms with Gasteiger partial charge in [0.1, 0.15) is 5.56 Å². The zero-order chi connectivity index (χ0) is 17.0. The van der Waals surface area contributed by atoms with Crippen molar-refractivity contribution >= 4 is 11.7 Å². The van der Waals surface area contributed by atoms with Crippen molar-refractivity contribution in [1.82, 2.24) is 10.2 Å². The van der Waals surface area contributed by atoms with E-state index in [-0.39, 0.29) is 31.4 Å². The highest BCUT2D eigenvalue weighted by molar-refractivity contribution is 5.66. The molecular formula is C13H16F3N3O4. The van der Waals surface area contributed by atoms with Crippen LogP contribution in [0.2, 0.25) is 0 Å². The third-order valence-corrected chi connectivity index (χ3v) is 3.58. The molecule has 1 aromatic heterocycles. The molecule has 2 N–H and O–H groups in total. The Kier molecular flexibility index (Phi) is 5.24. The molecule has 1 fully saturated rings. The Labute approximate surface area is 129 Å². The van der Waals surface area contributed by atoms with Gasteiger partial charge in [-0.2, -0.15) is 18.3 Å². The van der Waals surface area contributed by atoms with Gasteiger partial charge in [-0.15, -0.1) is 0 Å². The Morgan fingerprint density at radius 2 is 2.26 bits per heavy atom. The van der Waals surface area contributed by atoms with Gasteiger partial charge >= 0.3 is 12.1 Å². The quantitative estimate of drug-likeness (QED) is 0.760. The number of halogens is 3. The first kappa shape index (κ1) is 17.3. The minimum absolute atomic E-state index is 0.0145. The Balaban J connectivity index is 2.16. The SMILES string of the molecule is O=C(O)CCOC[C@H]1CCCN1c1cn[nH]c(=O)c1C(F)(F)F. The Bertz CT molecular complexity index is 617. The number of carboxylic acid groups (broad SMARTS) is 1. The van der Waals surface area contributed by atoms with Gasteiger partial charge in [-0.3, -0.25) is 9.59 Å². The number of aromatic nitrogens is 2. The highest BCUT2D eigenvalue weighted by atomic mass is 19.4. The van der Waals surface area contributed by atoms with E-state index in [1.54, 1.807) is 5.10 Å². The maximum absolute atomic E-state index is 13.1. The van der Waals surface area contributed by atoms with Crippen molar-refractivity contribution in [2.45, 2.75) is 31.5 Å². The van der Waals surface area contributed by atoms with Crippen molar-refractivity contribution in [1.29, 1.82) is 0 Å². The maximum atomic E-state index is 13.1. The second kappa shape index (κ2) is 6.99. The fourth-order valence-electron chi connectivity index (χ4n) is 2.59. The van der Waals surface area contributed by atoms with E-state index in [9.17, 15) is 22.8 Å². The number of aromatic amines is 1. The molecule has 0 radical (unpaired) electrons. The van der Waals surface area contributed by atoms with Crippen molar-refractivity contribution in [2.75, 3.05) is 24.7 Å². The highest BCUT2D eigenvalue weighted by Crippen LogP contribution is 2.36. The smallest absolute Gasteiger partial charge is 0.423 e. The number of ether oxygens (including phenoxy) is 1. The third-order valence-electron chi connectivity index (χ3n) is 3.58. The second-order valence-corrected chi connectivity index (χ2v) is 5.17. The molecule has 0 unspecified atom stereocenters. The van der Waals surface area contributed by atoms with Crippen molar-refractivity contribution in [3.8, 4) is 0 Å². The molecule has 2 rings (SSSR count). The highest BCUT2D eigenvalue weighted by Gasteiger charge is 2.40. The lowest BCUT2D eigenvalue weighted by Gasteiger charge is -2.28. The van der Waals surface area contributed by atoms with Gasteiger partial charge in [-0.05, 0) is 12.8 Å². The predicted molar refractivity (Wildman–Crippen MR) is 73.3 cm³/mol. The summed E-state index contributed by atoms with van der Waals surface area (Å²) in [6.07, 6.45) is -2.73. The number of alkyl halides is 3. The van der Waals surface area contributed by atoms with Crippen molar-refractivity contribution in [3.05, 3.63) is 22.1 Å². The van der Waals surface area contributed by atoms with Crippen LogP contribution in [-0.2, 0) is 15.7 Å². The molecule has 1 aliphatic rings.